The van der Waals surface area contributed by atoms with Crippen LogP contribution >= 0.6 is 0 Å². The Hall–Kier alpha value is -3.48. The number of rotatable bonds is 8. The molecular weight excluding hydrogens is 530 g/mol. The summed E-state index contributed by atoms with van der Waals surface area (Å²) in [5.74, 6) is 0.362. The monoisotopic (exact) mass is 560 g/mol. The number of halogens is 6. The van der Waals surface area contributed by atoms with E-state index in [9.17, 15) is 35.9 Å². The van der Waals surface area contributed by atoms with Gasteiger partial charge in [0.2, 0.25) is 5.91 Å². The van der Waals surface area contributed by atoms with Crippen LogP contribution in [-0.4, -0.2) is 68.1 Å². The van der Waals surface area contributed by atoms with Crippen molar-refractivity contribution < 1.29 is 40.7 Å². The summed E-state index contributed by atoms with van der Waals surface area (Å²) in [7, 11) is 3.00. The lowest BCUT2D eigenvalue weighted by Crippen LogP contribution is -2.48. The van der Waals surface area contributed by atoms with Crippen LogP contribution in [0.4, 0.5) is 36.8 Å². The van der Waals surface area contributed by atoms with Gasteiger partial charge in [-0.1, -0.05) is 0 Å². The zero-order chi connectivity index (χ0) is 28.8. The number of benzene rings is 2. The standard InChI is InChI=1S/C26H30F6N4O3/c1-35(10-7-17-13-18(25(27,28)29)15-19(14-17)26(30,31)32)23(37)16-36-11-8-21(9-12-36)34-24(38)33-20-3-5-22(39-2)6-4-20/h3-6,13-15,21H,7-12,16H2,1-2H3,(H2,33,34,38). The van der Waals surface area contributed by atoms with Gasteiger partial charge in [-0.05, 0) is 67.3 Å². The van der Waals surface area contributed by atoms with E-state index in [0.717, 1.165) is 0 Å². The maximum atomic E-state index is 13.1. The third kappa shape index (κ3) is 9.05. The number of methoxy groups -OCH3 is 1. The van der Waals surface area contributed by atoms with Crippen molar-refractivity contribution in [2.75, 3.05) is 45.7 Å². The van der Waals surface area contributed by atoms with Gasteiger partial charge in [-0.15, -0.1) is 0 Å². The molecule has 2 N–H and O–H groups in total. The predicted octanol–water partition coefficient (Wildman–Crippen LogP) is 5.02. The van der Waals surface area contributed by atoms with Gasteiger partial charge in [0.1, 0.15) is 5.75 Å². The molecule has 0 aromatic heterocycles. The fourth-order valence-electron chi connectivity index (χ4n) is 4.16. The molecule has 0 unspecified atom stereocenters. The number of carbonyl (C=O) groups excluding carboxylic acids is 2. The molecule has 1 fully saturated rings. The summed E-state index contributed by atoms with van der Waals surface area (Å²) in [5, 5.41) is 5.64. The first-order chi connectivity index (χ1) is 18.2. The Labute approximate surface area is 222 Å². The Morgan fingerprint density at radius 3 is 2.05 bits per heavy atom. The van der Waals surface area contributed by atoms with Gasteiger partial charge < -0.3 is 20.3 Å². The molecule has 214 valence electrons. The topological polar surface area (TPSA) is 73.9 Å². The van der Waals surface area contributed by atoms with E-state index in [1.807, 2.05) is 4.90 Å². The van der Waals surface area contributed by atoms with Gasteiger partial charge in [0, 0.05) is 38.4 Å². The zero-order valence-electron chi connectivity index (χ0n) is 21.5. The first-order valence-electron chi connectivity index (χ1n) is 12.2. The molecule has 2 aromatic carbocycles. The number of hydrogen-bond acceptors (Lipinski definition) is 4. The van der Waals surface area contributed by atoms with Gasteiger partial charge in [-0.25, -0.2) is 4.79 Å². The highest BCUT2D eigenvalue weighted by Gasteiger charge is 2.37. The Bertz CT molecular complexity index is 1100. The summed E-state index contributed by atoms with van der Waals surface area (Å²) in [6, 6.07) is 7.87. The molecule has 1 aliphatic heterocycles. The maximum Gasteiger partial charge on any atom is 0.416 e. The number of piperidine rings is 1. The number of likely N-dealkylation sites (N-methyl/N-ethyl adjacent to an activating group) is 1. The number of amides is 3. The van der Waals surface area contributed by atoms with Crippen LogP contribution in [0.25, 0.3) is 0 Å². The fourth-order valence-corrected chi connectivity index (χ4v) is 4.16. The maximum absolute atomic E-state index is 13.1. The van der Waals surface area contributed by atoms with E-state index in [-0.39, 0.29) is 49.1 Å². The normalized spacial score (nSPS) is 15.1. The quantitative estimate of drug-likeness (QED) is 0.445. The van der Waals surface area contributed by atoms with Crippen LogP contribution in [0.15, 0.2) is 42.5 Å². The van der Waals surface area contributed by atoms with Crippen LogP contribution < -0.4 is 15.4 Å². The molecule has 0 aliphatic carbocycles. The van der Waals surface area contributed by atoms with Gasteiger partial charge >= 0.3 is 18.4 Å². The lowest BCUT2D eigenvalue weighted by molar-refractivity contribution is -0.143. The Morgan fingerprint density at radius 2 is 1.54 bits per heavy atom. The second-order valence-electron chi connectivity index (χ2n) is 9.36. The van der Waals surface area contributed by atoms with Gasteiger partial charge in [0.05, 0.1) is 24.8 Å². The molecule has 1 heterocycles. The van der Waals surface area contributed by atoms with Crippen LogP contribution in [0.5, 0.6) is 5.75 Å². The summed E-state index contributed by atoms with van der Waals surface area (Å²) in [5.41, 5.74) is -2.30. The number of alkyl halides is 6. The van der Waals surface area contributed by atoms with Crippen molar-refractivity contribution in [1.82, 2.24) is 15.1 Å². The molecule has 13 heteroatoms. The second-order valence-corrected chi connectivity index (χ2v) is 9.36. The van der Waals surface area contributed by atoms with E-state index >= 15 is 0 Å². The molecule has 0 bridgehead atoms. The smallest absolute Gasteiger partial charge is 0.416 e. The van der Waals surface area contributed by atoms with Gasteiger partial charge in [0.25, 0.3) is 0 Å². The van der Waals surface area contributed by atoms with Crippen LogP contribution in [0, 0.1) is 0 Å². The SMILES string of the molecule is COc1ccc(NC(=O)NC2CCN(CC(=O)N(C)CCc3cc(C(F)(F)F)cc(C(F)(F)F)c3)CC2)cc1. The van der Waals surface area contributed by atoms with Crippen LogP contribution in [0.1, 0.15) is 29.5 Å². The number of hydrogen-bond donors (Lipinski definition) is 2. The van der Waals surface area contributed by atoms with Crippen molar-refractivity contribution in [1.29, 1.82) is 0 Å². The minimum absolute atomic E-state index is 0.0407. The van der Waals surface area contributed by atoms with Crippen LogP contribution in [0.3, 0.4) is 0 Å². The average Bonchev–Trinajstić information content (AvgIpc) is 2.87. The van der Waals surface area contributed by atoms with E-state index < -0.39 is 23.5 Å². The molecule has 1 aliphatic rings. The van der Waals surface area contributed by atoms with E-state index in [1.54, 1.807) is 31.4 Å². The molecule has 0 atom stereocenters. The predicted molar refractivity (Wildman–Crippen MR) is 132 cm³/mol. The van der Waals surface area contributed by atoms with Gasteiger partial charge in [-0.3, -0.25) is 9.69 Å². The molecule has 39 heavy (non-hydrogen) atoms. The largest absolute Gasteiger partial charge is 0.497 e. The number of urea groups is 1. The molecule has 7 nitrogen and oxygen atoms in total. The van der Waals surface area contributed by atoms with E-state index in [0.29, 0.717) is 49.5 Å². The van der Waals surface area contributed by atoms with E-state index in [4.69, 9.17) is 4.74 Å². The lowest BCUT2D eigenvalue weighted by atomic mass is 10.0. The number of nitrogens with zero attached hydrogens (tertiary/aromatic N) is 2. The zero-order valence-corrected chi connectivity index (χ0v) is 21.5. The highest BCUT2D eigenvalue weighted by molar-refractivity contribution is 5.89. The third-order valence-corrected chi connectivity index (χ3v) is 6.44. The highest BCUT2D eigenvalue weighted by Crippen LogP contribution is 2.36. The first-order valence-corrected chi connectivity index (χ1v) is 12.2. The lowest BCUT2D eigenvalue weighted by Gasteiger charge is -2.32. The summed E-state index contributed by atoms with van der Waals surface area (Å²) >= 11 is 0. The number of likely N-dealkylation sites (tertiary alicyclic amines) is 1. The van der Waals surface area contributed by atoms with Crippen molar-refractivity contribution in [3.63, 3.8) is 0 Å². The van der Waals surface area contributed by atoms with Crippen molar-refractivity contribution in [2.45, 2.75) is 37.7 Å². The minimum atomic E-state index is -4.92. The summed E-state index contributed by atoms with van der Waals surface area (Å²) in [6.07, 6.45) is -8.79. The number of carbonyl (C=O) groups is 2. The number of nitrogens with one attached hydrogen (secondary N) is 2. The number of ether oxygens (including phenoxy) is 1. The summed E-state index contributed by atoms with van der Waals surface area (Å²) in [6.45, 7) is 1.09. The van der Waals surface area contributed by atoms with Crippen molar-refractivity contribution in [3.8, 4) is 5.75 Å². The Balaban J connectivity index is 1.45. The first kappa shape index (κ1) is 30.1. The molecule has 0 saturated carbocycles. The molecule has 0 radical (unpaired) electrons. The van der Waals surface area contributed by atoms with Gasteiger partial charge in [0.15, 0.2) is 0 Å². The Kier molecular flexibility index (Phi) is 9.70. The highest BCUT2D eigenvalue weighted by atomic mass is 19.4. The van der Waals surface area contributed by atoms with Crippen molar-refractivity contribution in [3.05, 3.63) is 59.2 Å². The fraction of sp³-hybridized carbons (Fsp3) is 0.462. The van der Waals surface area contributed by atoms with E-state index in [2.05, 4.69) is 10.6 Å². The summed E-state index contributed by atoms with van der Waals surface area (Å²) in [4.78, 5) is 28.1. The molecule has 2 aromatic rings. The van der Waals surface area contributed by atoms with E-state index in [1.165, 1.54) is 11.9 Å². The molecule has 1 saturated heterocycles. The molecule has 3 rings (SSSR count). The molecular formula is C26H30F6N4O3. The average molecular weight is 561 g/mol. The molecule has 0 spiro atoms. The summed E-state index contributed by atoms with van der Waals surface area (Å²) < 4.78 is 83.5. The van der Waals surface area contributed by atoms with Crippen LogP contribution in [0.2, 0.25) is 0 Å². The minimum Gasteiger partial charge on any atom is -0.497 e. The molecule has 3 amide bonds. The third-order valence-electron chi connectivity index (χ3n) is 6.44. The Morgan fingerprint density at radius 1 is 0.974 bits per heavy atom. The van der Waals surface area contributed by atoms with Crippen LogP contribution in [-0.2, 0) is 23.6 Å². The van der Waals surface area contributed by atoms with Gasteiger partial charge in [-0.2, -0.15) is 26.3 Å². The number of anilines is 1. The van der Waals surface area contributed by atoms with Crippen molar-refractivity contribution in [2.24, 2.45) is 0 Å². The second kappa shape index (κ2) is 12.6. The van der Waals surface area contributed by atoms with Crippen molar-refractivity contribution >= 4 is 17.6 Å².